The summed E-state index contributed by atoms with van der Waals surface area (Å²) >= 11 is 4.91. The SMILES string of the molecule is CC1CCCCN1CCCNc1nccc(C(N)=S)n1. The number of thiocarbonyl (C=S) groups is 1. The van der Waals surface area contributed by atoms with Crippen molar-refractivity contribution in [3.05, 3.63) is 18.0 Å². The summed E-state index contributed by atoms with van der Waals surface area (Å²) in [5.74, 6) is 0.599. The highest BCUT2D eigenvalue weighted by Gasteiger charge is 2.16. The third-order valence-corrected chi connectivity index (χ3v) is 3.96. The van der Waals surface area contributed by atoms with Crippen LogP contribution in [0.25, 0.3) is 0 Å². The summed E-state index contributed by atoms with van der Waals surface area (Å²) in [6.45, 7) is 5.54. The maximum Gasteiger partial charge on any atom is 0.223 e. The van der Waals surface area contributed by atoms with Crippen LogP contribution < -0.4 is 11.1 Å². The monoisotopic (exact) mass is 293 g/mol. The van der Waals surface area contributed by atoms with E-state index in [2.05, 4.69) is 27.1 Å². The number of nitrogens with zero attached hydrogens (tertiary/aromatic N) is 3. The zero-order chi connectivity index (χ0) is 14.4. The summed E-state index contributed by atoms with van der Waals surface area (Å²) in [5.41, 5.74) is 6.17. The summed E-state index contributed by atoms with van der Waals surface area (Å²) in [7, 11) is 0. The van der Waals surface area contributed by atoms with Crippen LogP contribution in [0.4, 0.5) is 5.95 Å². The molecule has 3 N–H and O–H groups in total. The van der Waals surface area contributed by atoms with Gasteiger partial charge in [-0.2, -0.15) is 0 Å². The molecule has 2 heterocycles. The van der Waals surface area contributed by atoms with Crippen molar-refractivity contribution in [2.24, 2.45) is 5.73 Å². The Morgan fingerprint density at radius 2 is 2.40 bits per heavy atom. The fourth-order valence-corrected chi connectivity index (χ4v) is 2.67. The quantitative estimate of drug-likeness (QED) is 0.616. The molecule has 1 aliphatic heterocycles. The Morgan fingerprint density at radius 1 is 1.55 bits per heavy atom. The van der Waals surface area contributed by atoms with E-state index in [-0.39, 0.29) is 0 Å². The Hall–Kier alpha value is -1.27. The second-order valence-corrected chi connectivity index (χ2v) is 5.73. The molecule has 0 bridgehead atoms. The number of anilines is 1. The van der Waals surface area contributed by atoms with E-state index in [9.17, 15) is 0 Å². The van der Waals surface area contributed by atoms with Crippen molar-refractivity contribution >= 4 is 23.2 Å². The predicted octanol–water partition coefficient (Wildman–Crippen LogP) is 1.79. The summed E-state index contributed by atoms with van der Waals surface area (Å²) in [4.78, 5) is 11.3. The molecule has 6 heteroatoms. The minimum Gasteiger partial charge on any atom is -0.388 e. The number of likely N-dealkylation sites (tertiary alicyclic amines) is 1. The van der Waals surface area contributed by atoms with Gasteiger partial charge < -0.3 is 16.0 Å². The van der Waals surface area contributed by atoms with Gasteiger partial charge in [-0.15, -0.1) is 0 Å². The fourth-order valence-electron chi connectivity index (χ4n) is 2.55. The molecule has 1 aliphatic rings. The molecule has 0 aliphatic carbocycles. The van der Waals surface area contributed by atoms with E-state index >= 15 is 0 Å². The van der Waals surface area contributed by atoms with Crippen LogP contribution in [-0.4, -0.2) is 45.5 Å². The van der Waals surface area contributed by atoms with Crippen molar-refractivity contribution in [2.75, 3.05) is 25.0 Å². The molecule has 0 saturated carbocycles. The van der Waals surface area contributed by atoms with E-state index < -0.39 is 0 Å². The third kappa shape index (κ3) is 4.38. The van der Waals surface area contributed by atoms with Crippen molar-refractivity contribution in [3.63, 3.8) is 0 Å². The lowest BCUT2D eigenvalue weighted by Gasteiger charge is -2.33. The molecule has 1 unspecified atom stereocenters. The van der Waals surface area contributed by atoms with Gasteiger partial charge in [-0.1, -0.05) is 18.6 Å². The first-order chi connectivity index (χ1) is 9.66. The molecule has 1 atom stereocenters. The number of hydrogen-bond acceptors (Lipinski definition) is 5. The van der Waals surface area contributed by atoms with Gasteiger partial charge in [-0.05, 0) is 38.8 Å². The van der Waals surface area contributed by atoms with Crippen LogP contribution in [-0.2, 0) is 0 Å². The normalized spacial score (nSPS) is 19.8. The van der Waals surface area contributed by atoms with Gasteiger partial charge in [0.2, 0.25) is 5.95 Å². The van der Waals surface area contributed by atoms with E-state index in [1.165, 1.54) is 25.8 Å². The topological polar surface area (TPSA) is 67.1 Å². The van der Waals surface area contributed by atoms with Gasteiger partial charge in [0.1, 0.15) is 10.7 Å². The number of nitrogens with two attached hydrogens (primary N) is 1. The van der Waals surface area contributed by atoms with Crippen molar-refractivity contribution in [3.8, 4) is 0 Å². The first kappa shape index (κ1) is 15.1. The molecule has 0 amide bonds. The number of hydrogen-bond donors (Lipinski definition) is 2. The zero-order valence-corrected chi connectivity index (χ0v) is 12.8. The highest BCUT2D eigenvalue weighted by atomic mass is 32.1. The zero-order valence-electron chi connectivity index (χ0n) is 12.0. The molecule has 20 heavy (non-hydrogen) atoms. The highest BCUT2D eigenvalue weighted by Crippen LogP contribution is 2.16. The number of piperidine rings is 1. The molecule has 1 fully saturated rings. The Balaban J connectivity index is 1.73. The smallest absolute Gasteiger partial charge is 0.223 e. The third-order valence-electron chi connectivity index (χ3n) is 3.75. The van der Waals surface area contributed by atoms with E-state index in [1.54, 1.807) is 12.3 Å². The van der Waals surface area contributed by atoms with Crippen molar-refractivity contribution in [1.82, 2.24) is 14.9 Å². The van der Waals surface area contributed by atoms with Crippen LogP contribution in [0.2, 0.25) is 0 Å². The number of nitrogens with one attached hydrogen (secondary N) is 1. The Kier molecular flexibility index (Phi) is 5.67. The average molecular weight is 293 g/mol. The van der Waals surface area contributed by atoms with Crippen molar-refractivity contribution in [2.45, 2.75) is 38.6 Å². The molecule has 0 spiro atoms. The molecule has 0 aromatic carbocycles. The first-order valence-corrected chi connectivity index (χ1v) is 7.68. The molecule has 110 valence electrons. The Morgan fingerprint density at radius 3 is 3.15 bits per heavy atom. The lowest BCUT2D eigenvalue weighted by molar-refractivity contribution is 0.160. The van der Waals surface area contributed by atoms with Crippen LogP contribution >= 0.6 is 12.2 Å². The van der Waals surface area contributed by atoms with E-state index in [4.69, 9.17) is 18.0 Å². The minimum atomic E-state index is 0.303. The number of rotatable bonds is 6. The summed E-state index contributed by atoms with van der Waals surface area (Å²) in [5, 5.41) is 3.23. The van der Waals surface area contributed by atoms with Crippen LogP contribution in [0.1, 0.15) is 38.3 Å². The second-order valence-electron chi connectivity index (χ2n) is 5.29. The lowest BCUT2D eigenvalue weighted by Crippen LogP contribution is -2.38. The van der Waals surface area contributed by atoms with E-state index in [0.29, 0.717) is 16.6 Å². The molecule has 1 saturated heterocycles. The summed E-state index contributed by atoms with van der Waals surface area (Å²) < 4.78 is 0. The predicted molar refractivity (Wildman–Crippen MR) is 85.9 cm³/mol. The van der Waals surface area contributed by atoms with Gasteiger partial charge >= 0.3 is 0 Å². The minimum absolute atomic E-state index is 0.303. The largest absolute Gasteiger partial charge is 0.388 e. The molecule has 2 rings (SSSR count). The second kappa shape index (κ2) is 7.50. The lowest BCUT2D eigenvalue weighted by atomic mass is 10.0. The summed E-state index contributed by atoms with van der Waals surface area (Å²) in [6.07, 6.45) is 6.79. The van der Waals surface area contributed by atoms with Gasteiger partial charge in [-0.3, -0.25) is 0 Å². The van der Waals surface area contributed by atoms with Crippen LogP contribution in [0, 0.1) is 0 Å². The Bertz CT molecular complexity index is 451. The van der Waals surface area contributed by atoms with Crippen LogP contribution in [0.3, 0.4) is 0 Å². The maximum atomic E-state index is 5.56. The van der Waals surface area contributed by atoms with Gasteiger partial charge in [0.15, 0.2) is 0 Å². The Labute approximate surface area is 126 Å². The molecule has 0 radical (unpaired) electrons. The molecule has 1 aromatic rings. The van der Waals surface area contributed by atoms with Gasteiger partial charge in [0.25, 0.3) is 0 Å². The fraction of sp³-hybridized carbons (Fsp3) is 0.643. The molecule has 1 aromatic heterocycles. The van der Waals surface area contributed by atoms with Gasteiger partial charge in [0, 0.05) is 25.3 Å². The van der Waals surface area contributed by atoms with Crippen molar-refractivity contribution in [1.29, 1.82) is 0 Å². The van der Waals surface area contributed by atoms with E-state index in [0.717, 1.165) is 25.6 Å². The number of aromatic nitrogens is 2. The van der Waals surface area contributed by atoms with Crippen LogP contribution in [0.5, 0.6) is 0 Å². The van der Waals surface area contributed by atoms with E-state index in [1.807, 2.05) is 0 Å². The van der Waals surface area contributed by atoms with Crippen LogP contribution in [0.15, 0.2) is 12.3 Å². The van der Waals surface area contributed by atoms with Crippen molar-refractivity contribution < 1.29 is 0 Å². The maximum absolute atomic E-state index is 5.56. The van der Waals surface area contributed by atoms with Gasteiger partial charge in [-0.25, -0.2) is 9.97 Å². The molecular weight excluding hydrogens is 270 g/mol. The van der Waals surface area contributed by atoms with Gasteiger partial charge in [0.05, 0.1) is 0 Å². The average Bonchev–Trinajstić information content (AvgIpc) is 2.45. The standard InChI is InChI=1S/C14H23N5S/c1-11-5-2-3-9-19(11)10-4-7-16-14-17-8-6-12(18-14)13(15)20/h6,8,11H,2-5,7,9-10H2,1H3,(H2,15,20)(H,16,17,18). The highest BCUT2D eigenvalue weighted by molar-refractivity contribution is 7.80. The molecule has 5 nitrogen and oxygen atoms in total. The summed E-state index contributed by atoms with van der Waals surface area (Å²) in [6, 6.07) is 2.45. The first-order valence-electron chi connectivity index (χ1n) is 7.27. The molecular formula is C14H23N5S.